The molecule has 0 aliphatic carbocycles. The van der Waals surface area contributed by atoms with Crippen LogP contribution < -0.4 is 4.72 Å². The molecule has 1 aromatic rings. The van der Waals surface area contributed by atoms with Crippen molar-refractivity contribution in [2.24, 2.45) is 0 Å². The summed E-state index contributed by atoms with van der Waals surface area (Å²) in [6.07, 6.45) is 0.0874. The van der Waals surface area contributed by atoms with Gasteiger partial charge in [-0.25, -0.2) is 8.42 Å². The molecule has 0 saturated heterocycles. The van der Waals surface area contributed by atoms with Gasteiger partial charge in [-0.15, -0.1) is 0 Å². The third kappa shape index (κ3) is 3.67. The molecule has 0 fully saturated rings. The quantitative estimate of drug-likeness (QED) is 0.853. The number of nitriles is 1. The minimum Gasteiger partial charge on any atom is -0.480 e. The van der Waals surface area contributed by atoms with E-state index in [9.17, 15) is 13.2 Å². The van der Waals surface area contributed by atoms with Gasteiger partial charge in [0.15, 0.2) is 0 Å². The van der Waals surface area contributed by atoms with Crippen LogP contribution in [0, 0.1) is 11.3 Å². The SMILES string of the molecule is CC[C@H](NS(=O)(=O)c1cc(C#N)ccc1Cl)C(=O)O. The highest BCUT2D eigenvalue weighted by atomic mass is 35.5. The van der Waals surface area contributed by atoms with E-state index in [0.29, 0.717) is 0 Å². The number of benzene rings is 1. The number of carboxylic acid groups (broad SMARTS) is 1. The summed E-state index contributed by atoms with van der Waals surface area (Å²) in [5.74, 6) is -1.28. The summed E-state index contributed by atoms with van der Waals surface area (Å²) in [6.45, 7) is 1.54. The van der Waals surface area contributed by atoms with Gasteiger partial charge in [-0.05, 0) is 24.6 Å². The van der Waals surface area contributed by atoms with Gasteiger partial charge >= 0.3 is 5.97 Å². The molecule has 8 heteroatoms. The van der Waals surface area contributed by atoms with Gasteiger partial charge < -0.3 is 5.11 Å². The van der Waals surface area contributed by atoms with Crippen LogP contribution in [-0.4, -0.2) is 25.5 Å². The van der Waals surface area contributed by atoms with Crippen LogP contribution in [0.25, 0.3) is 0 Å². The zero-order valence-corrected chi connectivity index (χ0v) is 11.5. The lowest BCUT2D eigenvalue weighted by molar-refractivity contribution is -0.139. The van der Waals surface area contributed by atoms with Gasteiger partial charge in [-0.1, -0.05) is 18.5 Å². The lowest BCUT2D eigenvalue weighted by atomic mass is 10.2. The molecular weight excluding hydrogens is 292 g/mol. The van der Waals surface area contributed by atoms with Gasteiger partial charge in [0.1, 0.15) is 10.9 Å². The molecular formula is C11H11ClN2O4S. The minimum absolute atomic E-state index is 0.0771. The smallest absolute Gasteiger partial charge is 0.321 e. The molecule has 0 spiro atoms. The van der Waals surface area contributed by atoms with Gasteiger partial charge in [0, 0.05) is 0 Å². The van der Waals surface area contributed by atoms with Gasteiger partial charge in [-0.3, -0.25) is 4.79 Å². The van der Waals surface area contributed by atoms with Crippen molar-refractivity contribution in [3.63, 3.8) is 0 Å². The molecule has 0 aliphatic heterocycles. The van der Waals surface area contributed by atoms with Crippen LogP contribution in [0.15, 0.2) is 23.1 Å². The normalized spacial score (nSPS) is 12.7. The molecule has 102 valence electrons. The number of halogens is 1. The fraction of sp³-hybridized carbons (Fsp3) is 0.273. The predicted octanol–water partition coefficient (Wildman–Crippen LogP) is 1.35. The lowest BCUT2D eigenvalue weighted by Crippen LogP contribution is -2.40. The van der Waals surface area contributed by atoms with E-state index < -0.39 is 22.0 Å². The Labute approximate surface area is 115 Å². The number of aliphatic carboxylic acids is 1. The molecule has 0 heterocycles. The Morgan fingerprint density at radius 3 is 2.68 bits per heavy atom. The number of nitrogens with one attached hydrogen (secondary N) is 1. The van der Waals surface area contributed by atoms with Gasteiger partial charge in [0.05, 0.1) is 16.7 Å². The average Bonchev–Trinajstić information content (AvgIpc) is 2.36. The topological polar surface area (TPSA) is 107 Å². The Kier molecular flexibility index (Phi) is 4.89. The number of hydrogen-bond donors (Lipinski definition) is 2. The zero-order chi connectivity index (χ0) is 14.6. The monoisotopic (exact) mass is 302 g/mol. The van der Waals surface area contributed by atoms with Gasteiger partial charge in [0.25, 0.3) is 0 Å². The predicted molar refractivity (Wildman–Crippen MR) is 68.2 cm³/mol. The summed E-state index contributed by atoms with van der Waals surface area (Å²) >= 11 is 5.77. The summed E-state index contributed by atoms with van der Waals surface area (Å²) in [7, 11) is -4.09. The van der Waals surface area contributed by atoms with E-state index in [1.807, 2.05) is 4.72 Å². The van der Waals surface area contributed by atoms with E-state index in [-0.39, 0.29) is 21.9 Å². The van der Waals surface area contributed by atoms with Crippen LogP contribution >= 0.6 is 11.6 Å². The summed E-state index contributed by atoms with van der Waals surface area (Å²) in [4.78, 5) is 10.5. The van der Waals surface area contributed by atoms with Crippen molar-refractivity contribution in [3.05, 3.63) is 28.8 Å². The summed E-state index contributed by atoms with van der Waals surface area (Å²) in [6, 6.07) is 4.29. The van der Waals surface area contributed by atoms with Gasteiger partial charge in [0.2, 0.25) is 10.0 Å². The van der Waals surface area contributed by atoms with E-state index in [2.05, 4.69) is 0 Å². The molecule has 1 rings (SSSR count). The molecule has 0 unspecified atom stereocenters. The molecule has 0 aromatic heterocycles. The first-order chi connectivity index (χ1) is 8.81. The Morgan fingerprint density at radius 2 is 2.21 bits per heavy atom. The maximum atomic E-state index is 12.0. The first-order valence-electron chi connectivity index (χ1n) is 5.26. The molecule has 0 radical (unpaired) electrons. The number of hydrogen-bond acceptors (Lipinski definition) is 4. The highest BCUT2D eigenvalue weighted by molar-refractivity contribution is 7.89. The van der Waals surface area contributed by atoms with Crippen LogP contribution in [-0.2, 0) is 14.8 Å². The van der Waals surface area contributed by atoms with Crippen LogP contribution in [0.4, 0.5) is 0 Å². The van der Waals surface area contributed by atoms with Crippen molar-refractivity contribution in [1.82, 2.24) is 4.72 Å². The second-order valence-corrected chi connectivity index (χ2v) is 5.77. The van der Waals surface area contributed by atoms with Crippen molar-refractivity contribution in [3.8, 4) is 6.07 Å². The molecule has 2 N–H and O–H groups in total. The van der Waals surface area contributed by atoms with E-state index in [1.54, 1.807) is 6.07 Å². The first kappa shape index (κ1) is 15.4. The number of rotatable bonds is 5. The van der Waals surface area contributed by atoms with Crippen molar-refractivity contribution in [2.45, 2.75) is 24.3 Å². The summed E-state index contributed by atoms with van der Waals surface area (Å²) < 4.78 is 26.1. The molecule has 1 atom stereocenters. The maximum absolute atomic E-state index is 12.0. The van der Waals surface area contributed by atoms with Crippen molar-refractivity contribution in [2.75, 3.05) is 0 Å². The largest absolute Gasteiger partial charge is 0.480 e. The minimum atomic E-state index is -4.09. The number of carboxylic acids is 1. The average molecular weight is 303 g/mol. The number of carbonyl (C=O) groups is 1. The van der Waals surface area contributed by atoms with Crippen LogP contribution in [0.2, 0.25) is 5.02 Å². The van der Waals surface area contributed by atoms with Gasteiger partial charge in [-0.2, -0.15) is 9.98 Å². The second kappa shape index (κ2) is 6.02. The van der Waals surface area contributed by atoms with Crippen LogP contribution in [0.3, 0.4) is 0 Å². The molecule has 0 saturated carbocycles. The van der Waals surface area contributed by atoms with Crippen molar-refractivity contribution < 1.29 is 18.3 Å². The fourth-order valence-corrected chi connectivity index (χ4v) is 3.14. The molecule has 6 nitrogen and oxygen atoms in total. The fourth-order valence-electron chi connectivity index (χ4n) is 1.34. The van der Waals surface area contributed by atoms with Crippen molar-refractivity contribution >= 4 is 27.6 Å². The number of sulfonamides is 1. The lowest BCUT2D eigenvalue weighted by Gasteiger charge is -2.13. The molecule has 1 aromatic carbocycles. The standard InChI is InChI=1S/C11H11ClN2O4S/c1-2-9(11(15)16)14-19(17,18)10-5-7(6-13)3-4-8(10)12/h3-5,9,14H,2H2,1H3,(H,15,16)/t9-/m0/s1. The molecule has 0 bridgehead atoms. The molecule has 0 amide bonds. The third-order valence-electron chi connectivity index (χ3n) is 2.35. The highest BCUT2D eigenvalue weighted by Crippen LogP contribution is 2.22. The summed E-state index contributed by atoms with van der Waals surface area (Å²) in [5, 5.41) is 17.5. The Balaban J connectivity index is 3.21. The first-order valence-corrected chi connectivity index (χ1v) is 7.12. The Bertz CT molecular complexity index is 637. The molecule has 0 aliphatic rings. The number of nitrogens with zero attached hydrogens (tertiary/aromatic N) is 1. The van der Waals surface area contributed by atoms with Crippen LogP contribution in [0.5, 0.6) is 0 Å². The zero-order valence-electron chi connectivity index (χ0n) is 9.92. The van der Waals surface area contributed by atoms with Crippen LogP contribution in [0.1, 0.15) is 18.9 Å². The van der Waals surface area contributed by atoms with E-state index >= 15 is 0 Å². The van der Waals surface area contributed by atoms with E-state index in [0.717, 1.165) is 6.07 Å². The molecule has 19 heavy (non-hydrogen) atoms. The van der Waals surface area contributed by atoms with Crippen molar-refractivity contribution in [1.29, 1.82) is 5.26 Å². The maximum Gasteiger partial charge on any atom is 0.321 e. The highest BCUT2D eigenvalue weighted by Gasteiger charge is 2.25. The van der Waals surface area contributed by atoms with E-state index in [1.165, 1.54) is 19.1 Å². The second-order valence-electron chi connectivity index (χ2n) is 3.68. The third-order valence-corrected chi connectivity index (χ3v) is 4.31. The Hall–Kier alpha value is -1.62. The van der Waals surface area contributed by atoms with E-state index in [4.69, 9.17) is 22.0 Å². The Morgan fingerprint density at radius 1 is 1.58 bits per heavy atom. The summed E-state index contributed by atoms with van der Waals surface area (Å²) in [5.41, 5.74) is 0.119.